The maximum absolute atomic E-state index is 4.84. The second kappa shape index (κ2) is 7.60. The molecule has 5 heteroatoms. The second-order valence-corrected chi connectivity index (χ2v) is 6.86. The van der Waals surface area contributed by atoms with E-state index in [0.717, 1.165) is 49.3 Å². The summed E-state index contributed by atoms with van der Waals surface area (Å²) in [6.07, 6.45) is 12.6. The van der Waals surface area contributed by atoms with Gasteiger partial charge >= 0.3 is 0 Å². The van der Waals surface area contributed by atoms with Crippen LogP contribution in [0.4, 0.5) is 5.82 Å². The fourth-order valence-corrected chi connectivity index (χ4v) is 3.41. The van der Waals surface area contributed by atoms with Crippen LogP contribution in [0, 0.1) is 0 Å². The van der Waals surface area contributed by atoms with Crippen LogP contribution in [0.2, 0.25) is 0 Å². The maximum atomic E-state index is 4.84. The largest absolute Gasteiger partial charge is 0.367 e. The quantitative estimate of drug-likeness (QED) is 0.735. The first-order valence-electron chi connectivity index (χ1n) is 9.25. The van der Waals surface area contributed by atoms with Gasteiger partial charge in [0.15, 0.2) is 5.82 Å². The normalized spacial score (nSPS) is 14.0. The minimum Gasteiger partial charge on any atom is -0.367 e. The molecule has 5 nitrogen and oxygen atoms in total. The summed E-state index contributed by atoms with van der Waals surface area (Å²) in [4.78, 5) is 17.9. The summed E-state index contributed by atoms with van der Waals surface area (Å²) in [5.41, 5.74) is 4.75. The number of pyridine rings is 2. The van der Waals surface area contributed by atoms with E-state index in [4.69, 9.17) is 9.97 Å². The Kier molecular flexibility index (Phi) is 4.86. The molecule has 0 aliphatic heterocycles. The molecule has 0 saturated carbocycles. The number of rotatable bonds is 6. The van der Waals surface area contributed by atoms with E-state index in [0.29, 0.717) is 6.04 Å². The van der Waals surface area contributed by atoms with E-state index in [-0.39, 0.29) is 0 Å². The molecule has 3 aromatic rings. The third kappa shape index (κ3) is 3.72. The first kappa shape index (κ1) is 16.6. The molecule has 1 aliphatic rings. The molecule has 1 unspecified atom stereocenters. The zero-order chi connectivity index (χ0) is 17.8. The number of hydrogen-bond donors (Lipinski definition) is 1. The van der Waals surface area contributed by atoms with Crippen molar-refractivity contribution in [2.45, 2.75) is 45.1 Å². The van der Waals surface area contributed by atoms with E-state index in [1.807, 2.05) is 30.7 Å². The molecule has 0 saturated heterocycles. The molecular formula is C21H23N5. The van der Waals surface area contributed by atoms with Crippen molar-refractivity contribution in [1.82, 2.24) is 19.9 Å². The van der Waals surface area contributed by atoms with E-state index in [1.54, 1.807) is 6.20 Å². The van der Waals surface area contributed by atoms with Gasteiger partial charge in [-0.3, -0.25) is 9.97 Å². The van der Waals surface area contributed by atoms with Crippen LogP contribution in [-0.2, 0) is 19.3 Å². The van der Waals surface area contributed by atoms with Gasteiger partial charge in [-0.2, -0.15) is 0 Å². The van der Waals surface area contributed by atoms with E-state index in [2.05, 4.69) is 34.3 Å². The van der Waals surface area contributed by atoms with Crippen LogP contribution in [-0.4, -0.2) is 26.0 Å². The Hall–Kier alpha value is -2.82. The first-order valence-corrected chi connectivity index (χ1v) is 9.25. The van der Waals surface area contributed by atoms with Crippen molar-refractivity contribution in [3.63, 3.8) is 0 Å². The van der Waals surface area contributed by atoms with Gasteiger partial charge in [-0.05, 0) is 68.9 Å². The van der Waals surface area contributed by atoms with Gasteiger partial charge in [0.05, 0.1) is 0 Å². The lowest BCUT2D eigenvalue weighted by Crippen LogP contribution is -2.19. The predicted octanol–water partition coefficient (Wildman–Crippen LogP) is 3.86. The summed E-state index contributed by atoms with van der Waals surface area (Å²) in [7, 11) is 0. The molecule has 0 bridgehead atoms. The van der Waals surface area contributed by atoms with Crippen LogP contribution in [0.25, 0.3) is 11.4 Å². The highest BCUT2D eigenvalue weighted by atomic mass is 15.1. The average Bonchev–Trinajstić information content (AvgIpc) is 3.17. The molecule has 0 amide bonds. The van der Waals surface area contributed by atoms with Gasteiger partial charge in [0.25, 0.3) is 0 Å². The molecule has 0 radical (unpaired) electrons. The third-order valence-electron chi connectivity index (χ3n) is 4.85. The topological polar surface area (TPSA) is 63.6 Å². The molecule has 1 N–H and O–H groups in total. The standard InChI is InChI=1S/C21H23N5/c1-15(7-8-16-9-12-22-13-10-16)24-21-18-5-2-6-19(18)25-20(26-21)17-4-3-11-23-14-17/h3-4,9-15H,2,5-8H2,1H3,(H,24,25,26). The molecule has 132 valence electrons. The summed E-state index contributed by atoms with van der Waals surface area (Å²) in [6, 6.07) is 8.44. The van der Waals surface area contributed by atoms with E-state index in [1.165, 1.54) is 16.8 Å². The molecule has 1 atom stereocenters. The van der Waals surface area contributed by atoms with Gasteiger partial charge in [0, 0.05) is 47.7 Å². The van der Waals surface area contributed by atoms with E-state index >= 15 is 0 Å². The van der Waals surface area contributed by atoms with Crippen molar-refractivity contribution >= 4 is 5.82 Å². The minimum atomic E-state index is 0.338. The Bertz CT molecular complexity index is 864. The zero-order valence-electron chi connectivity index (χ0n) is 15.0. The average molecular weight is 345 g/mol. The molecule has 26 heavy (non-hydrogen) atoms. The molecule has 0 spiro atoms. The van der Waals surface area contributed by atoms with Crippen LogP contribution in [0.3, 0.4) is 0 Å². The monoisotopic (exact) mass is 345 g/mol. The maximum Gasteiger partial charge on any atom is 0.163 e. The Morgan fingerprint density at radius 3 is 2.73 bits per heavy atom. The fourth-order valence-electron chi connectivity index (χ4n) is 3.41. The summed E-state index contributed by atoms with van der Waals surface area (Å²) in [6.45, 7) is 2.22. The number of nitrogens with zero attached hydrogens (tertiary/aromatic N) is 4. The highest BCUT2D eigenvalue weighted by molar-refractivity contribution is 5.60. The summed E-state index contributed by atoms with van der Waals surface area (Å²) >= 11 is 0. The van der Waals surface area contributed by atoms with Crippen LogP contribution in [0.15, 0.2) is 49.1 Å². The van der Waals surface area contributed by atoms with E-state index in [9.17, 15) is 0 Å². The Balaban J connectivity index is 1.53. The summed E-state index contributed by atoms with van der Waals surface area (Å²) < 4.78 is 0. The zero-order valence-corrected chi connectivity index (χ0v) is 15.0. The van der Waals surface area contributed by atoms with Crippen LogP contribution < -0.4 is 5.32 Å². The number of nitrogens with one attached hydrogen (secondary N) is 1. The van der Waals surface area contributed by atoms with Crippen LogP contribution >= 0.6 is 0 Å². The SMILES string of the molecule is CC(CCc1ccncc1)Nc1nc(-c2cccnc2)nc2c1CCC2. The van der Waals surface area contributed by atoms with E-state index < -0.39 is 0 Å². The molecule has 1 aliphatic carbocycles. The molecule has 3 heterocycles. The summed E-state index contributed by atoms with van der Waals surface area (Å²) in [5.74, 6) is 1.76. The lowest BCUT2D eigenvalue weighted by atomic mass is 10.1. The van der Waals surface area contributed by atoms with Crippen LogP contribution in [0.1, 0.15) is 36.6 Å². The van der Waals surface area contributed by atoms with Gasteiger partial charge < -0.3 is 5.32 Å². The minimum absolute atomic E-state index is 0.338. The Morgan fingerprint density at radius 2 is 1.92 bits per heavy atom. The molecule has 0 fully saturated rings. The number of aromatic nitrogens is 4. The number of anilines is 1. The second-order valence-electron chi connectivity index (χ2n) is 6.86. The highest BCUT2D eigenvalue weighted by Gasteiger charge is 2.21. The van der Waals surface area contributed by atoms with Crippen molar-refractivity contribution in [3.8, 4) is 11.4 Å². The Labute approximate surface area is 154 Å². The highest BCUT2D eigenvalue weighted by Crippen LogP contribution is 2.29. The molecule has 4 rings (SSSR count). The molecule has 0 aromatic carbocycles. The van der Waals surface area contributed by atoms with Gasteiger partial charge in [0.2, 0.25) is 0 Å². The first-order chi connectivity index (χ1) is 12.8. The predicted molar refractivity (Wildman–Crippen MR) is 103 cm³/mol. The third-order valence-corrected chi connectivity index (χ3v) is 4.85. The van der Waals surface area contributed by atoms with Gasteiger partial charge in [-0.1, -0.05) is 0 Å². The lowest BCUT2D eigenvalue weighted by Gasteiger charge is -2.18. The van der Waals surface area contributed by atoms with Crippen molar-refractivity contribution in [2.75, 3.05) is 5.32 Å². The van der Waals surface area contributed by atoms with Gasteiger partial charge in [-0.15, -0.1) is 0 Å². The number of hydrogen-bond acceptors (Lipinski definition) is 5. The molecule has 3 aromatic heterocycles. The van der Waals surface area contributed by atoms with Crippen molar-refractivity contribution < 1.29 is 0 Å². The Morgan fingerprint density at radius 1 is 1.04 bits per heavy atom. The van der Waals surface area contributed by atoms with Crippen molar-refractivity contribution in [1.29, 1.82) is 0 Å². The van der Waals surface area contributed by atoms with Gasteiger partial charge in [0.1, 0.15) is 5.82 Å². The van der Waals surface area contributed by atoms with Crippen molar-refractivity contribution in [3.05, 3.63) is 65.9 Å². The van der Waals surface area contributed by atoms with Crippen LogP contribution in [0.5, 0.6) is 0 Å². The molecular weight excluding hydrogens is 322 g/mol. The van der Waals surface area contributed by atoms with Crippen molar-refractivity contribution in [2.24, 2.45) is 0 Å². The summed E-state index contributed by atoms with van der Waals surface area (Å²) in [5, 5.41) is 3.64. The lowest BCUT2D eigenvalue weighted by molar-refractivity contribution is 0.700. The fraction of sp³-hybridized carbons (Fsp3) is 0.333. The number of aryl methyl sites for hydroxylation is 2. The smallest absolute Gasteiger partial charge is 0.163 e. The number of fused-ring (bicyclic) bond motifs is 1. The van der Waals surface area contributed by atoms with Gasteiger partial charge in [-0.25, -0.2) is 9.97 Å².